The van der Waals surface area contributed by atoms with Crippen LogP contribution in [0.2, 0.25) is 0 Å². The molecule has 0 radical (unpaired) electrons. The van der Waals surface area contributed by atoms with Gasteiger partial charge in [0, 0.05) is 6.26 Å². The minimum absolute atomic E-state index is 0.196. The lowest BCUT2D eigenvalue weighted by Gasteiger charge is -2.21. The maximum Gasteiger partial charge on any atom is 0.233 e. The number of carbonyl (C=O) groups is 1. The Bertz CT molecular complexity index is 1170. The van der Waals surface area contributed by atoms with Gasteiger partial charge in [0.2, 0.25) is 5.91 Å². The molecule has 1 fully saturated rings. The van der Waals surface area contributed by atoms with Gasteiger partial charge in [0.25, 0.3) is 0 Å². The third kappa shape index (κ3) is 7.11. The first kappa shape index (κ1) is 24.9. The summed E-state index contributed by atoms with van der Waals surface area (Å²) in [4.78, 5) is 22.0. The van der Waals surface area contributed by atoms with E-state index >= 15 is 0 Å². The molecule has 0 spiro atoms. The average molecular weight is 470 g/mol. The lowest BCUT2D eigenvalue weighted by molar-refractivity contribution is -0.118. The summed E-state index contributed by atoms with van der Waals surface area (Å²) in [5, 5.41) is 12.6. The molecule has 0 unspecified atom stereocenters. The minimum atomic E-state index is -3.33. The Kier molecular flexibility index (Phi) is 7.55. The zero-order valence-electron chi connectivity index (χ0n) is 19.6. The number of carbonyl (C=O) groups excluding carboxylic acids is 1. The second kappa shape index (κ2) is 10.0. The van der Waals surface area contributed by atoms with Gasteiger partial charge < -0.3 is 10.4 Å². The van der Waals surface area contributed by atoms with E-state index in [2.05, 4.69) is 27.1 Å². The van der Waals surface area contributed by atoms with E-state index < -0.39 is 21.4 Å². The first-order valence-electron chi connectivity index (χ1n) is 11.1. The van der Waals surface area contributed by atoms with Crippen LogP contribution < -0.4 is 5.32 Å². The van der Waals surface area contributed by atoms with Crippen LogP contribution in [0.25, 0.3) is 0 Å². The molecule has 0 bridgehead atoms. The van der Waals surface area contributed by atoms with E-state index in [-0.39, 0.29) is 10.8 Å². The van der Waals surface area contributed by atoms with Crippen LogP contribution in [0.1, 0.15) is 68.7 Å². The van der Waals surface area contributed by atoms with E-state index in [9.17, 15) is 18.3 Å². The Hall–Kier alpha value is -2.76. The number of aryl methyl sites for hydroxylation is 1. The van der Waals surface area contributed by atoms with Gasteiger partial charge in [-0.15, -0.1) is 0 Å². The fourth-order valence-electron chi connectivity index (χ4n) is 4.17. The summed E-state index contributed by atoms with van der Waals surface area (Å²) in [5.74, 6) is 5.58. The van der Waals surface area contributed by atoms with E-state index in [0.29, 0.717) is 29.4 Å². The van der Waals surface area contributed by atoms with Crippen LogP contribution >= 0.6 is 0 Å². The fraction of sp³-hybridized carbons (Fsp3) is 0.480. The molecule has 1 aromatic heterocycles. The molecule has 1 saturated carbocycles. The van der Waals surface area contributed by atoms with Crippen molar-refractivity contribution < 1.29 is 18.3 Å². The normalized spacial score (nSPS) is 15.5. The van der Waals surface area contributed by atoms with Gasteiger partial charge in [-0.1, -0.05) is 43.7 Å². The van der Waals surface area contributed by atoms with Crippen molar-refractivity contribution in [2.75, 3.05) is 11.6 Å². The molecule has 2 N–H and O–H groups in total. The Morgan fingerprint density at radius 1 is 1.24 bits per heavy atom. The first-order chi connectivity index (χ1) is 15.4. The highest BCUT2D eigenvalue weighted by Gasteiger charge is 2.28. The van der Waals surface area contributed by atoms with Crippen LogP contribution in [0, 0.1) is 24.7 Å². The summed E-state index contributed by atoms with van der Waals surface area (Å²) in [7, 11) is -3.33. The smallest absolute Gasteiger partial charge is 0.233 e. The number of sulfone groups is 1. The quantitative estimate of drug-likeness (QED) is 0.626. The van der Waals surface area contributed by atoms with Gasteiger partial charge >= 0.3 is 0 Å². The molecule has 2 aromatic rings. The largest absolute Gasteiger partial charge is 0.378 e. The van der Waals surface area contributed by atoms with E-state index in [0.717, 1.165) is 18.4 Å². The van der Waals surface area contributed by atoms with Crippen molar-refractivity contribution in [1.29, 1.82) is 0 Å². The zero-order valence-corrected chi connectivity index (χ0v) is 20.4. The second-order valence-corrected chi connectivity index (χ2v) is 11.3. The number of nitrogens with one attached hydrogen (secondary N) is 1. The van der Waals surface area contributed by atoms with Crippen molar-refractivity contribution in [3.05, 3.63) is 47.4 Å². The number of hydrogen-bond acceptors (Lipinski definition) is 6. The van der Waals surface area contributed by atoms with Crippen molar-refractivity contribution >= 4 is 21.6 Å². The molecular weight excluding hydrogens is 438 g/mol. The topological polar surface area (TPSA) is 109 Å². The van der Waals surface area contributed by atoms with Crippen molar-refractivity contribution in [2.24, 2.45) is 5.92 Å². The first-order valence-corrected chi connectivity index (χ1v) is 13.0. The molecule has 1 atom stereocenters. The summed E-state index contributed by atoms with van der Waals surface area (Å²) in [6.45, 7) is 4.91. The van der Waals surface area contributed by atoms with Crippen LogP contribution in [0.15, 0.2) is 35.5 Å². The number of hydrogen-bond donors (Lipinski definition) is 2. The van der Waals surface area contributed by atoms with E-state index in [4.69, 9.17) is 0 Å². The number of aliphatic hydroxyl groups is 1. The highest BCUT2D eigenvalue weighted by molar-refractivity contribution is 7.90. The maximum absolute atomic E-state index is 13.3. The highest BCUT2D eigenvalue weighted by atomic mass is 32.2. The Morgan fingerprint density at radius 3 is 2.48 bits per heavy atom. The Balaban J connectivity index is 1.83. The second-order valence-electron chi connectivity index (χ2n) is 9.32. The summed E-state index contributed by atoms with van der Waals surface area (Å²) < 4.78 is 24.0. The molecule has 33 heavy (non-hydrogen) atoms. The average Bonchev–Trinajstić information content (AvgIpc) is 3.23. The van der Waals surface area contributed by atoms with Crippen molar-refractivity contribution in [1.82, 2.24) is 9.97 Å². The molecule has 7 nitrogen and oxygen atoms in total. The highest BCUT2D eigenvalue weighted by Crippen LogP contribution is 2.35. The van der Waals surface area contributed by atoms with Gasteiger partial charge in [0.05, 0.1) is 23.2 Å². The molecule has 3 rings (SSSR count). The van der Waals surface area contributed by atoms with Gasteiger partial charge in [-0.3, -0.25) is 4.79 Å². The van der Waals surface area contributed by atoms with Crippen molar-refractivity contribution in [3.8, 4) is 11.8 Å². The van der Waals surface area contributed by atoms with Crippen LogP contribution in [-0.4, -0.2) is 41.3 Å². The van der Waals surface area contributed by atoms with Crippen molar-refractivity contribution in [3.63, 3.8) is 0 Å². The van der Waals surface area contributed by atoms with Gasteiger partial charge in [-0.25, -0.2) is 18.4 Å². The zero-order chi connectivity index (χ0) is 24.2. The van der Waals surface area contributed by atoms with Gasteiger partial charge in [-0.05, 0) is 56.2 Å². The van der Waals surface area contributed by atoms with Gasteiger partial charge in [0.1, 0.15) is 11.3 Å². The van der Waals surface area contributed by atoms with Gasteiger partial charge in [0.15, 0.2) is 15.7 Å². The molecule has 1 aromatic carbocycles. The van der Waals surface area contributed by atoms with Crippen LogP contribution in [0.4, 0.5) is 5.82 Å². The standard InChI is InChI=1S/C25H31N3O4S/c1-17-13-19(9-10-22(17)33(4,31)32)21(14-18-7-5-6-8-18)24(29)28-23-16-26-20(15-27-23)11-12-25(2,3)30/h9-10,13,15-16,18,21,30H,5-8,14H2,1-4H3,(H,27,28,29)/t21-/m1/s1. The van der Waals surface area contributed by atoms with E-state index in [1.54, 1.807) is 39.0 Å². The number of amides is 1. The predicted molar refractivity (Wildman–Crippen MR) is 127 cm³/mol. The van der Waals surface area contributed by atoms with Crippen LogP contribution in [-0.2, 0) is 14.6 Å². The third-order valence-electron chi connectivity index (χ3n) is 5.76. The van der Waals surface area contributed by atoms with Crippen LogP contribution in [0.3, 0.4) is 0 Å². The number of rotatable bonds is 6. The Morgan fingerprint density at radius 2 is 1.94 bits per heavy atom. The molecule has 0 aliphatic heterocycles. The monoisotopic (exact) mass is 469 g/mol. The summed E-state index contributed by atoms with van der Waals surface area (Å²) in [6.07, 6.45) is 9.31. The van der Waals surface area contributed by atoms with E-state index in [1.165, 1.54) is 31.5 Å². The summed E-state index contributed by atoms with van der Waals surface area (Å²) in [5.41, 5.74) is 0.690. The van der Waals surface area contributed by atoms with Gasteiger partial charge in [-0.2, -0.15) is 0 Å². The lowest BCUT2D eigenvalue weighted by atomic mass is 9.86. The molecular formula is C25H31N3O4S. The van der Waals surface area contributed by atoms with E-state index in [1.807, 2.05) is 0 Å². The lowest BCUT2D eigenvalue weighted by Crippen LogP contribution is -2.24. The molecule has 1 aliphatic carbocycles. The summed E-state index contributed by atoms with van der Waals surface area (Å²) >= 11 is 0. The molecule has 1 aliphatic rings. The molecule has 1 amide bonds. The minimum Gasteiger partial charge on any atom is -0.378 e. The molecule has 8 heteroatoms. The summed E-state index contributed by atoms with van der Waals surface area (Å²) in [6, 6.07) is 5.13. The Labute approximate surface area is 196 Å². The number of aromatic nitrogens is 2. The number of anilines is 1. The third-order valence-corrected chi connectivity index (χ3v) is 7.02. The number of nitrogens with zero attached hydrogens (tertiary/aromatic N) is 2. The number of benzene rings is 1. The van der Waals surface area contributed by atoms with Crippen molar-refractivity contribution in [2.45, 2.75) is 69.3 Å². The SMILES string of the molecule is Cc1cc([C@@H](CC2CCCC2)C(=O)Nc2cnc(C#CC(C)(C)O)cn2)ccc1S(C)(=O)=O. The van der Waals surface area contributed by atoms with Crippen LogP contribution in [0.5, 0.6) is 0 Å². The molecule has 176 valence electrons. The maximum atomic E-state index is 13.3. The predicted octanol–water partition coefficient (Wildman–Crippen LogP) is 3.61. The fourth-order valence-corrected chi connectivity index (χ4v) is 5.13. The molecule has 1 heterocycles. The molecule has 0 saturated heterocycles.